The predicted octanol–water partition coefficient (Wildman–Crippen LogP) is 1.16. The van der Waals surface area contributed by atoms with Crippen molar-refractivity contribution in [1.82, 2.24) is 23.1 Å². The Morgan fingerprint density at radius 1 is 1.06 bits per heavy atom. The number of rotatable bonds is 7. The molecule has 0 saturated carbocycles. The summed E-state index contributed by atoms with van der Waals surface area (Å²) in [6.07, 6.45) is 0. The summed E-state index contributed by atoms with van der Waals surface area (Å²) in [7, 11) is 3.15. The van der Waals surface area contributed by atoms with Gasteiger partial charge >= 0.3 is 11.7 Å². The van der Waals surface area contributed by atoms with Crippen molar-refractivity contribution in [2.45, 2.75) is 33.5 Å². The van der Waals surface area contributed by atoms with E-state index in [4.69, 9.17) is 9.47 Å². The fourth-order valence-electron chi connectivity index (χ4n) is 3.82. The lowest BCUT2D eigenvalue weighted by Crippen LogP contribution is -2.41. The first-order chi connectivity index (χ1) is 15.3. The maximum absolute atomic E-state index is 13.3. The minimum Gasteiger partial charge on any atom is -0.459 e. The van der Waals surface area contributed by atoms with Gasteiger partial charge in [-0.05, 0) is 19.4 Å². The number of benzene rings is 1. The lowest BCUT2D eigenvalue weighted by atomic mass is 10.2. The summed E-state index contributed by atoms with van der Waals surface area (Å²) < 4.78 is 16.3. The predicted molar refractivity (Wildman–Crippen MR) is 118 cm³/mol. The van der Waals surface area contributed by atoms with E-state index < -0.39 is 23.8 Å². The van der Waals surface area contributed by atoms with Crippen LogP contribution in [0.4, 0.5) is 0 Å². The molecule has 0 bridgehead atoms. The molecule has 4 aromatic rings. The van der Waals surface area contributed by atoms with E-state index in [-0.39, 0.29) is 17.8 Å². The van der Waals surface area contributed by atoms with E-state index in [1.54, 1.807) is 11.5 Å². The van der Waals surface area contributed by atoms with Crippen LogP contribution in [0.2, 0.25) is 0 Å². The molecule has 168 valence electrons. The summed E-state index contributed by atoms with van der Waals surface area (Å²) in [5.41, 5.74) is 1.88. The van der Waals surface area contributed by atoms with E-state index in [0.29, 0.717) is 18.9 Å². The fourth-order valence-corrected chi connectivity index (χ4v) is 3.82. The molecule has 0 aliphatic carbocycles. The van der Waals surface area contributed by atoms with Crippen molar-refractivity contribution in [3.05, 3.63) is 68.1 Å². The fraction of sp³-hybridized carbons (Fsp3) is 0.364. The van der Waals surface area contributed by atoms with E-state index in [1.807, 2.05) is 48.7 Å². The highest BCUT2D eigenvalue weighted by Gasteiger charge is 2.23. The van der Waals surface area contributed by atoms with Gasteiger partial charge in [0.25, 0.3) is 5.56 Å². The lowest BCUT2D eigenvalue weighted by Gasteiger charge is -2.09. The van der Waals surface area contributed by atoms with Crippen LogP contribution < -0.4 is 11.2 Å². The van der Waals surface area contributed by atoms with Gasteiger partial charge in [-0.3, -0.25) is 18.6 Å². The van der Waals surface area contributed by atoms with Crippen LogP contribution in [0.25, 0.3) is 16.9 Å². The average Bonchev–Trinajstić information content (AvgIpc) is 3.29. The molecule has 1 aromatic carbocycles. The van der Waals surface area contributed by atoms with Crippen LogP contribution in [0, 0.1) is 13.8 Å². The second kappa shape index (κ2) is 8.46. The Morgan fingerprint density at radius 3 is 2.47 bits per heavy atom. The normalized spacial score (nSPS) is 11.5. The van der Waals surface area contributed by atoms with Crippen LogP contribution in [0.15, 0.2) is 39.9 Å². The number of imidazole rings is 2. The number of nitrogens with zero attached hydrogens (tertiary/aromatic N) is 5. The summed E-state index contributed by atoms with van der Waals surface area (Å²) in [6, 6.07) is 9.19. The monoisotopic (exact) mass is 439 g/mol. The molecule has 0 aliphatic rings. The number of hydrogen-bond acceptors (Lipinski definition) is 6. The third kappa shape index (κ3) is 3.52. The molecule has 10 nitrogen and oxygen atoms in total. The zero-order valence-corrected chi connectivity index (χ0v) is 18.5. The highest BCUT2D eigenvalue weighted by Crippen LogP contribution is 2.20. The summed E-state index contributed by atoms with van der Waals surface area (Å²) in [4.78, 5) is 43.2. The van der Waals surface area contributed by atoms with Crippen molar-refractivity contribution in [2.24, 2.45) is 7.05 Å². The van der Waals surface area contributed by atoms with Crippen molar-refractivity contribution >= 4 is 22.9 Å². The highest BCUT2D eigenvalue weighted by molar-refractivity contribution is 5.77. The number of fused-ring (bicyclic) bond motifs is 3. The van der Waals surface area contributed by atoms with Crippen LogP contribution in [0.5, 0.6) is 0 Å². The largest absolute Gasteiger partial charge is 0.459 e. The van der Waals surface area contributed by atoms with E-state index in [2.05, 4.69) is 4.98 Å². The van der Waals surface area contributed by atoms with Crippen LogP contribution in [-0.2, 0) is 41.0 Å². The van der Waals surface area contributed by atoms with Crippen molar-refractivity contribution in [3.8, 4) is 0 Å². The Morgan fingerprint density at radius 2 is 1.78 bits per heavy atom. The van der Waals surface area contributed by atoms with Crippen molar-refractivity contribution < 1.29 is 14.3 Å². The quantitative estimate of drug-likeness (QED) is 0.401. The molecule has 4 rings (SSSR count). The third-order valence-corrected chi connectivity index (χ3v) is 5.68. The minimum absolute atomic E-state index is 0.0641. The van der Waals surface area contributed by atoms with Crippen LogP contribution in [0.3, 0.4) is 0 Å². The van der Waals surface area contributed by atoms with Gasteiger partial charge in [0.15, 0.2) is 11.2 Å². The molecular formula is C22H25N5O5. The summed E-state index contributed by atoms with van der Waals surface area (Å²) in [5, 5.41) is 0. The molecule has 0 saturated heterocycles. The Labute approximate surface area is 183 Å². The van der Waals surface area contributed by atoms with Crippen molar-refractivity contribution in [3.63, 3.8) is 0 Å². The average molecular weight is 439 g/mol. The maximum Gasteiger partial charge on any atom is 0.333 e. The molecule has 0 atom stereocenters. The highest BCUT2D eigenvalue weighted by atomic mass is 16.5. The molecular weight excluding hydrogens is 414 g/mol. The molecule has 0 fully saturated rings. The number of hydrogen-bond donors (Lipinski definition) is 0. The first-order valence-corrected chi connectivity index (χ1v) is 10.2. The number of carbonyl (C=O) groups is 1. The minimum atomic E-state index is -0.668. The van der Waals surface area contributed by atoms with Gasteiger partial charge in [0, 0.05) is 32.1 Å². The van der Waals surface area contributed by atoms with Crippen LogP contribution in [0.1, 0.15) is 17.0 Å². The van der Waals surface area contributed by atoms with E-state index in [1.165, 1.54) is 11.6 Å². The Balaban J connectivity index is 1.77. The summed E-state index contributed by atoms with van der Waals surface area (Å²) in [5.74, 6) is -0.123. The zero-order valence-electron chi connectivity index (χ0n) is 18.5. The van der Waals surface area contributed by atoms with Gasteiger partial charge in [-0.1, -0.05) is 30.3 Å². The number of ether oxygens (including phenoxy) is 2. The third-order valence-electron chi connectivity index (χ3n) is 5.68. The number of esters is 1. The van der Waals surface area contributed by atoms with Gasteiger partial charge in [-0.25, -0.2) is 9.36 Å². The molecule has 0 aliphatic heterocycles. The Hall–Kier alpha value is -3.66. The number of aromatic nitrogens is 5. The standard InChI is InChI=1S/C22H25N5O5/c1-14-15(2)27-18-19(23-21(27)25(14)10-11-31-4)24(3)22(30)26(20(18)29)12-17(28)32-13-16-8-6-5-7-9-16/h5-9H,10-13H2,1-4H3. The van der Waals surface area contributed by atoms with Gasteiger partial charge in [-0.15, -0.1) is 0 Å². The van der Waals surface area contributed by atoms with Crippen LogP contribution >= 0.6 is 0 Å². The molecule has 0 unspecified atom stereocenters. The maximum atomic E-state index is 13.3. The van der Waals surface area contributed by atoms with Gasteiger partial charge in [0.2, 0.25) is 5.78 Å². The van der Waals surface area contributed by atoms with Crippen LogP contribution in [-0.4, -0.2) is 42.8 Å². The molecule has 10 heteroatoms. The first-order valence-electron chi connectivity index (χ1n) is 10.2. The SMILES string of the molecule is COCCn1c(C)c(C)n2c3c(=O)n(CC(=O)OCc4ccccc4)c(=O)n(C)c3nc12. The van der Waals surface area contributed by atoms with Crippen molar-refractivity contribution in [1.29, 1.82) is 0 Å². The molecule has 3 aromatic heterocycles. The van der Waals surface area contributed by atoms with Gasteiger partial charge in [-0.2, -0.15) is 4.98 Å². The molecule has 32 heavy (non-hydrogen) atoms. The van der Waals surface area contributed by atoms with Gasteiger partial charge in [0.1, 0.15) is 13.2 Å². The second-order valence-electron chi connectivity index (χ2n) is 7.61. The smallest absolute Gasteiger partial charge is 0.333 e. The van der Waals surface area contributed by atoms with Gasteiger partial charge < -0.3 is 14.0 Å². The first kappa shape index (κ1) is 21.6. The van der Waals surface area contributed by atoms with Gasteiger partial charge in [0.05, 0.1) is 6.61 Å². The summed E-state index contributed by atoms with van der Waals surface area (Å²) >= 11 is 0. The van der Waals surface area contributed by atoms with E-state index in [0.717, 1.165) is 21.5 Å². The van der Waals surface area contributed by atoms with Crippen molar-refractivity contribution in [2.75, 3.05) is 13.7 Å². The Bertz CT molecular complexity index is 1420. The molecule has 0 spiro atoms. The topological polar surface area (TPSA) is 102 Å². The summed E-state index contributed by atoms with van der Waals surface area (Å²) in [6.45, 7) is 4.43. The second-order valence-corrected chi connectivity index (χ2v) is 7.61. The molecule has 0 amide bonds. The van der Waals surface area contributed by atoms with E-state index in [9.17, 15) is 14.4 Å². The number of methoxy groups -OCH3 is 1. The zero-order chi connectivity index (χ0) is 23.0. The molecule has 0 N–H and O–H groups in total. The lowest BCUT2D eigenvalue weighted by molar-refractivity contribution is -0.145. The molecule has 0 radical (unpaired) electrons. The van der Waals surface area contributed by atoms with E-state index >= 15 is 0 Å². The molecule has 3 heterocycles. The number of aryl methyl sites for hydroxylation is 2. The Kier molecular flexibility index (Phi) is 5.70. The number of carbonyl (C=O) groups excluding carboxylic acids is 1.